The summed E-state index contributed by atoms with van der Waals surface area (Å²) < 4.78 is 29.6. The van der Waals surface area contributed by atoms with E-state index in [0.29, 0.717) is 17.0 Å². The fourth-order valence-corrected chi connectivity index (χ4v) is 3.37. The molecule has 10 nitrogen and oxygen atoms in total. The molecule has 4 heterocycles. The Morgan fingerprint density at radius 3 is 2.41 bits per heavy atom. The number of nitrogens with zero attached hydrogens (tertiary/aromatic N) is 7. The molecule has 12 heteroatoms. The molecule has 0 saturated carbocycles. The molecule has 5 rings (SSSR count). The van der Waals surface area contributed by atoms with Gasteiger partial charge in [-0.05, 0) is 17.7 Å². The zero-order chi connectivity index (χ0) is 22.2. The number of aromatic amines is 1. The Balaban J connectivity index is 1.67. The van der Waals surface area contributed by atoms with Gasteiger partial charge in [0.15, 0.2) is 17.3 Å². The summed E-state index contributed by atoms with van der Waals surface area (Å²) >= 11 is 0. The van der Waals surface area contributed by atoms with Gasteiger partial charge < -0.3 is 10.7 Å². The number of nitrogens with two attached hydrogens (primary N) is 1. The maximum atomic E-state index is 14.1. The molecule has 0 aliphatic rings. The lowest BCUT2D eigenvalue weighted by Crippen LogP contribution is -2.14. The second-order valence-corrected chi connectivity index (χ2v) is 6.97. The van der Waals surface area contributed by atoms with Gasteiger partial charge in [0.25, 0.3) is 0 Å². The Hall–Kier alpha value is -4.48. The van der Waals surface area contributed by atoms with Crippen molar-refractivity contribution in [2.45, 2.75) is 12.8 Å². The first-order valence-corrected chi connectivity index (χ1v) is 9.51. The summed E-state index contributed by atoms with van der Waals surface area (Å²) in [5.41, 5.74) is 7.37. The molecule has 0 bridgehead atoms. The van der Waals surface area contributed by atoms with E-state index in [-0.39, 0.29) is 35.7 Å². The molecule has 0 amide bonds. The summed E-state index contributed by atoms with van der Waals surface area (Å²) in [6.07, 6.45) is 4.66. The Morgan fingerprint density at radius 2 is 1.72 bits per heavy atom. The number of H-pyrrole nitrogens is 1. The van der Waals surface area contributed by atoms with Crippen molar-refractivity contribution in [2.75, 3.05) is 5.73 Å². The molecule has 0 fully saturated rings. The summed E-state index contributed by atoms with van der Waals surface area (Å²) in [5, 5.41) is 12.5. The van der Waals surface area contributed by atoms with Crippen molar-refractivity contribution in [1.82, 2.24) is 39.6 Å². The number of benzene rings is 1. The molecule has 0 aliphatic carbocycles. The van der Waals surface area contributed by atoms with Crippen molar-refractivity contribution in [1.29, 1.82) is 0 Å². The predicted octanol–water partition coefficient (Wildman–Crippen LogP) is 1.44. The number of anilines is 1. The monoisotopic (exact) mass is 435 g/mol. The predicted molar refractivity (Wildman–Crippen MR) is 109 cm³/mol. The third kappa shape index (κ3) is 3.47. The van der Waals surface area contributed by atoms with Crippen LogP contribution in [0.2, 0.25) is 0 Å². The molecule has 160 valence electrons. The lowest BCUT2D eigenvalue weighted by atomic mass is 10.1. The smallest absolute Gasteiger partial charge is 0.247 e. The number of nitrogen functional groups attached to an aromatic ring is 1. The number of halogens is 2. The number of pyridine rings is 1. The summed E-state index contributed by atoms with van der Waals surface area (Å²) in [6.45, 7) is 0. The molecular weight excluding hydrogens is 420 g/mol. The maximum Gasteiger partial charge on any atom is 0.247 e. The second-order valence-electron chi connectivity index (χ2n) is 6.97. The van der Waals surface area contributed by atoms with E-state index in [1.165, 1.54) is 46.0 Å². The van der Waals surface area contributed by atoms with Gasteiger partial charge in [-0.15, -0.1) is 9.90 Å². The molecule has 1 aromatic carbocycles. The Morgan fingerprint density at radius 1 is 0.969 bits per heavy atom. The highest BCUT2D eigenvalue weighted by Gasteiger charge is 2.21. The molecule has 0 radical (unpaired) electrons. The molecule has 0 unspecified atom stereocenters. The Labute approximate surface area is 178 Å². The fraction of sp³-hybridized carbons (Fsp3) is 0.100. The minimum absolute atomic E-state index is 0.00488. The maximum absolute atomic E-state index is 14.1. The normalized spacial score (nSPS) is 11.3. The van der Waals surface area contributed by atoms with Crippen LogP contribution in [-0.4, -0.2) is 39.6 Å². The molecule has 0 aliphatic heterocycles. The van der Waals surface area contributed by atoms with Crippen LogP contribution in [0.4, 0.5) is 14.7 Å². The summed E-state index contributed by atoms with van der Waals surface area (Å²) in [5.74, 6) is -0.891. The Kier molecular flexibility index (Phi) is 4.66. The topological polar surface area (TPSA) is 133 Å². The van der Waals surface area contributed by atoms with Gasteiger partial charge in [-0.25, -0.2) is 13.8 Å². The lowest BCUT2D eigenvalue weighted by molar-refractivity contribution is 0.559. The number of nitrogens with one attached hydrogen (secondary N) is 1. The Bertz CT molecular complexity index is 1450. The minimum atomic E-state index is -0.690. The number of aromatic nitrogens is 8. The van der Waals surface area contributed by atoms with Gasteiger partial charge in [0, 0.05) is 36.2 Å². The van der Waals surface area contributed by atoms with Gasteiger partial charge >= 0.3 is 0 Å². The number of hydrogen-bond donors (Lipinski definition) is 2. The number of rotatable bonds is 5. The van der Waals surface area contributed by atoms with E-state index >= 15 is 0 Å². The van der Waals surface area contributed by atoms with Crippen LogP contribution >= 0.6 is 0 Å². The standard InChI is InChI=1S/C20H15F2N9O/c21-14-2-1-3-15(22)12(14)9-16-27-18-13(8-11-4-5-17(32)24-10-11)19(31-25-6-7-26-31)28-20(23)30(18)29-16/h1-7,10H,8-9H2,(H2,23,28)(H,24,32). The van der Waals surface area contributed by atoms with Crippen LogP contribution in [0, 0.1) is 11.6 Å². The molecule has 32 heavy (non-hydrogen) atoms. The lowest BCUT2D eigenvalue weighted by Gasteiger charge is -2.10. The fourth-order valence-electron chi connectivity index (χ4n) is 3.37. The highest BCUT2D eigenvalue weighted by molar-refractivity contribution is 5.59. The van der Waals surface area contributed by atoms with Crippen LogP contribution in [0.1, 0.15) is 22.5 Å². The minimum Gasteiger partial charge on any atom is -0.368 e. The third-order valence-corrected chi connectivity index (χ3v) is 4.86. The largest absolute Gasteiger partial charge is 0.368 e. The number of hydrogen-bond acceptors (Lipinski definition) is 7. The van der Waals surface area contributed by atoms with E-state index in [1.54, 1.807) is 12.3 Å². The van der Waals surface area contributed by atoms with Gasteiger partial charge in [-0.1, -0.05) is 12.1 Å². The summed E-state index contributed by atoms with van der Waals surface area (Å²) in [4.78, 5) is 24.2. The van der Waals surface area contributed by atoms with E-state index < -0.39 is 11.6 Å². The van der Waals surface area contributed by atoms with Crippen molar-refractivity contribution >= 4 is 11.6 Å². The highest BCUT2D eigenvalue weighted by Crippen LogP contribution is 2.23. The molecule has 4 aromatic heterocycles. The van der Waals surface area contributed by atoms with Crippen molar-refractivity contribution in [2.24, 2.45) is 0 Å². The number of fused-ring (bicyclic) bond motifs is 1. The van der Waals surface area contributed by atoms with Gasteiger partial charge in [0.1, 0.15) is 11.6 Å². The van der Waals surface area contributed by atoms with E-state index in [1.807, 2.05) is 0 Å². The van der Waals surface area contributed by atoms with E-state index in [2.05, 4.69) is 30.2 Å². The van der Waals surface area contributed by atoms with Crippen molar-refractivity contribution in [3.63, 3.8) is 0 Å². The van der Waals surface area contributed by atoms with Crippen LogP contribution in [-0.2, 0) is 12.8 Å². The molecule has 0 saturated heterocycles. The SMILES string of the molecule is Nc1nc(-n2nccn2)c(Cc2ccc(=O)[nH]c2)c2nc(Cc3c(F)cccc3F)nn12. The summed E-state index contributed by atoms with van der Waals surface area (Å²) in [7, 11) is 0. The van der Waals surface area contributed by atoms with Crippen molar-refractivity contribution in [3.05, 3.63) is 93.4 Å². The molecular formula is C20H15F2N9O. The van der Waals surface area contributed by atoms with Gasteiger partial charge in [0.2, 0.25) is 11.5 Å². The van der Waals surface area contributed by atoms with Gasteiger partial charge in [0.05, 0.1) is 12.4 Å². The third-order valence-electron chi connectivity index (χ3n) is 4.86. The molecule has 3 N–H and O–H groups in total. The quantitative estimate of drug-likeness (QED) is 0.427. The zero-order valence-electron chi connectivity index (χ0n) is 16.4. The van der Waals surface area contributed by atoms with Crippen molar-refractivity contribution in [3.8, 4) is 5.82 Å². The second kappa shape index (κ2) is 7.65. The first kappa shape index (κ1) is 19.5. The molecule has 0 spiro atoms. The highest BCUT2D eigenvalue weighted by atomic mass is 19.1. The zero-order valence-corrected chi connectivity index (χ0v) is 16.4. The van der Waals surface area contributed by atoms with Crippen LogP contribution < -0.4 is 11.3 Å². The van der Waals surface area contributed by atoms with Crippen LogP contribution in [0.25, 0.3) is 11.5 Å². The van der Waals surface area contributed by atoms with Gasteiger partial charge in [-0.2, -0.15) is 19.7 Å². The van der Waals surface area contributed by atoms with Crippen molar-refractivity contribution < 1.29 is 8.78 Å². The summed E-state index contributed by atoms with van der Waals surface area (Å²) in [6, 6.07) is 6.70. The van der Waals surface area contributed by atoms with E-state index in [0.717, 1.165) is 5.56 Å². The molecule has 5 aromatic rings. The first-order chi connectivity index (χ1) is 15.5. The van der Waals surface area contributed by atoms with Crippen LogP contribution in [0.5, 0.6) is 0 Å². The van der Waals surface area contributed by atoms with Crippen LogP contribution in [0.15, 0.2) is 53.7 Å². The average Bonchev–Trinajstić information content (AvgIpc) is 3.45. The van der Waals surface area contributed by atoms with Crippen LogP contribution in [0.3, 0.4) is 0 Å². The van der Waals surface area contributed by atoms with Gasteiger partial charge in [-0.3, -0.25) is 4.79 Å². The van der Waals surface area contributed by atoms with E-state index in [9.17, 15) is 13.6 Å². The first-order valence-electron chi connectivity index (χ1n) is 9.51. The average molecular weight is 435 g/mol. The van der Waals surface area contributed by atoms with E-state index in [4.69, 9.17) is 5.73 Å². The molecule has 0 atom stereocenters.